The smallest absolute Gasteiger partial charge is 0.137 e. The third-order valence-corrected chi connectivity index (χ3v) is 2.28. The lowest BCUT2D eigenvalue weighted by Gasteiger charge is -2.11. The molecule has 0 aliphatic rings. The molecular formula is C17H31I2NO2. The van der Waals surface area contributed by atoms with Crippen LogP contribution < -0.4 is 10.5 Å². The van der Waals surface area contributed by atoms with Crippen LogP contribution in [0.15, 0.2) is 28.7 Å². The molecule has 2 N–H and O–H groups in total. The van der Waals surface area contributed by atoms with Gasteiger partial charge in [-0.25, -0.2) is 0 Å². The summed E-state index contributed by atoms with van der Waals surface area (Å²) in [6, 6.07) is 7.83. The first-order valence-corrected chi connectivity index (χ1v) is 8.97. The summed E-state index contributed by atoms with van der Waals surface area (Å²) in [4.78, 5) is 0. The minimum absolute atomic E-state index is 0. The molecule has 0 aliphatic carbocycles. The van der Waals surface area contributed by atoms with E-state index in [1.165, 1.54) is 10.8 Å². The van der Waals surface area contributed by atoms with Crippen molar-refractivity contribution in [3.05, 3.63) is 30.0 Å². The first-order chi connectivity index (χ1) is 10.0. The van der Waals surface area contributed by atoms with Gasteiger partial charge in [-0.05, 0) is 36.5 Å². The molecule has 0 radical (unpaired) electrons. The van der Waals surface area contributed by atoms with Gasteiger partial charge in [-0.1, -0.05) is 49.8 Å². The average Bonchev–Trinajstić information content (AvgIpc) is 2.80. The molecular weight excluding hydrogens is 504 g/mol. The van der Waals surface area contributed by atoms with Crippen LogP contribution in [0, 0.1) is 6.92 Å². The van der Waals surface area contributed by atoms with E-state index in [1.54, 1.807) is 0 Å². The molecule has 5 heteroatoms. The van der Waals surface area contributed by atoms with Gasteiger partial charge < -0.3 is 14.9 Å². The average molecular weight is 535 g/mol. The number of aryl methyl sites for hydroxylation is 1. The molecule has 0 saturated heterocycles. The standard InChI is InChI=1S/C12H15NO2.C3H8.C2H5I.HI.H2/c1-8-5-10-3-4-11(6-12(10)15-8)14-9(2)7-13;1-3-2;1-2-3;;/h3-6,9H,7,13H2,1-2H3;3H2,1-2H3;2H2,1H3;2*1H. The zero-order valence-corrected chi connectivity index (χ0v) is 18.7. The number of benzene rings is 1. The highest BCUT2D eigenvalue weighted by Gasteiger charge is 2.05. The number of hydrogen-bond donors (Lipinski definition) is 1. The predicted octanol–water partition coefficient (Wildman–Crippen LogP) is 6.19. The van der Waals surface area contributed by atoms with E-state index in [4.69, 9.17) is 14.9 Å². The van der Waals surface area contributed by atoms with Crippen LogP contribution in [0.5, 0.6) is 5.75 Å². The minimum atomic E-state index is 0. The molecule has 2 aromatic rings. The Kier molecular flexibility index (Phi) is 16.0. The number of nitrogens with two attached hydrogens (primary N) is 1. The molecule has 1 unspecified atom stereocenters. The Morgan fingerprint density at radius 3 is 2.32 bits per heavy atom. The Balaban J connectivity index is -0.000000440. The van der Waals surface area contributed by atoms with Crippen molar-refractivity contribution < 1.29 is 10.6 Å². The van der Waals surface area contributed by atoms with Gasteiger partial charge in [0.05, 0.1) is 0 Å². The van der Waals surface area contributed by atoms with Gasteiger partial charge >= 0.3 is 0 Å². The van der Waals surface area contributed by atoms with Crippen LogP contribution in [0.2, 0.25) is 0 Å². The molecule has 1 aromatic heterocycles. The lowest BCUT2D eigenvalue weighted by atomic mass is 10.2. The number of furan rings is 1. The molecule has 22 heavy (non-hydrogen) atoms. The Hall–Kier alpha value is -0.0200. The summed E-state index contributed by atoms with van der Waals surface area (Å²) in [6.45, 7) is 10.7. The van der Waals surface area contributed by atoms with Crippen molar-refractivity contribution >= 4 is 57.5 Å². The van der Waals surface area contributed by atoms with Crippen LogP contribution in [0.3, 0.4) is 0 Å². The normalized spacial score (nSPS) is 10.5. The second-order valence-electron chi connectivity index (χ2n) is 4.70. The summed E-state index contributed by atoms with van der Waals surface area (Å²) in [5, 5.41) is 1.10. The van der Waals surface area contributed by atoms with E-state index in [0.29, 0.717) is 6.54 Å². The van der Waals surface area contributed by atoms with Crippen LogP contribution in [-0.4, -0.2) is 17.1 Å². The fraction of sp³-hybridized carbons (Fsp3) is 0.529. The minimum Gasteiger partial charge on any atom is -0.489 e. The van der Waals surface area contributed by atoms with Crippen LogP contribution in [-0.2, 0) is 0 Å². The van der Waals surface area contributed by atoms with Crippen molar-refractivity contribution in [1.82, 2.24) is 0 Å². The molecule has 1 heterocycles. The molecule has 0 saturated carbocycles. The van der Waals surface area contributed by atoms with E-state index in [-0.39, 0.29) is 31.5 Å². The molecule has 1 atom stereocenters. The maximum atomic E-state index is 5.60. The summed E-state index contributed by atoms with van der Waals surface area (Å²) in [5.74, 6) is 1.71. The topological polar surface area (TPSA) is 48.4 Å². The van der Waals surface area contributed by atoms with Crippen molar-refractivity contribution in [3.63, 3.8) is 0 Å². The number of rotatable bonds is 3. The maximum Gasteiger partial charge on any atom is 0.137 e. The van der Waals surface area contributed by atoms with E-state index in [9.17, 15) is 0 Å². The first-order valence-electron chi connectivity index (χ1n) is 7.45. The van der Waals surface area contributed by atoms with Crippen LogP contribution in [0.1, 0.15) is 41.3 Å². The van der Waals surface area contributed by atoms with E-state index in [1.807, 2.05) is 38.1 Å². The van der Waals surface area contributed by atoms with Crippen LogP contribution in [0.25, 0.3) is 11.0 Å². The van der Waals surface area contributed by atoms with Gasteiger partial charge in [0.25, 0.3) is 0 Å². The lowest BCUT2D eigenvalue weighted by Crippen LogP contribution is -2.22. The predicted molar refractivity (Wildman–Crippen MR) is 118 cm³/mol. The van der Waals surface area contributed by atoms with E-state index >= 15 is 0 Å². The second-order valence-corrected chi connectivity index (χ2v) is 6.22. The molecule has 0 fully saturated rings. The van der Waals surface area contributed by atoms with Crippen LogP contribution in [0.4, 0.5) is 0 Å². The largest absolute Gasteiger partial charge is 0.489 e. The number of hydrogen-bond acceptors (Lipinski definition) is 3. The first kappa shape index (κ1) is 24.2. The maximum absolute atomic E-state index is 5.60. The highest BCUT2D eigenvalue weighted by molar-refractivity contribution is 14.1. The zero-order chi connectivity index (χ0) is 16.3. The number of ether oxygens (including phenoxy) is 1. The Labute approximate surface area is 167 Å². The van der Waals surface area contributed by atoms with Crippen molar-refractivity contribution in [2.75, 3.05) is 11.0 Å². The molecule has 0 spiro atoms. The van der Waals surface area contributed by atoms with Gasteiger partial charge in [0, 0.05) is 19.4 Å². The van der Waals surface area contributed by atoms with Gasteiger partial charge in [0.2, 0.25) is 0 Å². The fourth-order valence-electron chi connectivity index (χ4n) is 1.50. The van der Waals surface area contributed by atoms with Gasteiger partial charge in [-0.15, -0.1) is 24.0 Å². The van der Waals surface area contributed by atoms with Gasteiger partial charge in [0.1, 0.15) is 23.2 Å². The number of fused-ring (bicyclic) bond motifs is 1. The lowest BCUT2D eigenvalue weighted by molar-refractivity contribution is 0.230. The monoisotopic (exact) mass is 535 g/mol. The quantitative estimate of drug-likeness (QED) is 0.377. The second kappa shape index (κ2) is 14.6. The molecule has 1 aromatic carbocycles. The Bertz CT molecular complexity index is 504. The van der Waals surface area contributed by atoms with E-state index in [2.05, 4.69) is 43.4 Å². The van der Waals surface area contributed by atoms with Gasteiger partial charge in [-0.3, -0.25) is 0 Å². The SMILES string of the molecule is CCC.CCI.Cc1cc2ccc(OC(C)CN)cc2o1.I.[HH]. The van der Waals surface area contributed by atoms with Crippen molar-refractivity contribution in [2.24, 2.45) is 5.73 Å². The zero-order valence-electron chi connectivity index (χ0n) is 14.2. The van der Waals surface area contributed by atoms with Crippen molar-refractivity contribution in [1.29, 1.82) is 0 Å². The van der Waals surface area contributed by atoms with Crippen molar-refractivity contribution in [3.8, 4) is 5.75 Å². The highest BCUT2D eigenvalue weighted by atomic mass is 127. The van der Waals surface area contributed by atoms with Gasteiger partial charge in [0.15, 0.2) is 0 Å². The number of alkyl halides is 1. The molecule has 130 valence electrons. The number of halogens is 2. The highest BCUT2D eigenvalue weighted by Crippen LogP contribution is 2.24. The third-order valence-electron chi connectivity index (χ3n) is 2.28. The van der Waals surface area contributed by atoms with E-state index in [0.717, 1.165) is 22.5 Å². The summed E-state index contributed by atoms with van der Waals surface area (Å²) in [7, 11) is 0. The summed E-state index contributed by atoms with van der Waals surface area (Å²) < 4.78 is 12.3. The summed E-state index contributed by atoms with van der Waals surface area (Å²) in [5.41, 5.74) is 6.34. The molecule has 0 bridgehead atoms. The van der Waals surface area contributed by atoms with Gasteiger partial charge in [-0.2, -0.15) is 0 Å². The Morgan fingerprint density at radius 1 is 1.27 bits per heavy atom. The molecule has 0 aliphatic heterocycles. The molecule has 3 nitrogen and oxygen atoms in total. The Morgan fingerprint density at radius 2 is 1.82 bits per heavy atom. The van der Waals surface area contributed by atoms with Crippen LogP contribution >= 0.6 is 46.6 Å². The summed E-state index contributed by atoms with van der Waals surface area (Å²) in [6.07, 6.45) is 1.28. The van der Waals surface area contributed by atoms with E-state index < -0.39 is 0 Å². The molecule has 2 rings (SSSR count). The molecule has 0 amide bonds. The third kappa shape index (κ3) is 9.89. The van der Waals surface area contributed by atoms with Crippen molar-refractivity contribution in [2.45, 2.75) is 47.1 Å². The summed E-state index contributed by atoms with van der Waals surface area (Å²) >= 11 is 2.29. The fourth-order valence-corrected chi connectivity index (χ4v) is 1.50.